The van der Waals surface area contributed by atoms with E-state index in [9.17, 15) is 8.42 Å². The van der Waals surface area contributed by atoms with Crippen LogP contribution in [0.25, 0.3) is 0 Å². The van der Waals surface area contributed by atoms with E-state index in [1.54, 1.807) is 18.2 Å². The number of hydrogen-bond acceptors (Lipinski definition) is 4. The zero-order chi connectivity index (χ0) is 13.3. The van der Waals surface area contributed by atoms with E-state index >= 15 is 0 Å². The lowest BCUT2D eigenvalue weighted by molar-refractivity contribution is 0.448. The van der Waals surface area contributed by atoms with E-state index in [0.717, 1.165) is 12.8 Å². The van der Waals surface area contributed by atoms with Crippen molar-refractivity contribution in [1.29, 1.82) is 0 Å². The lowest BCUT2D eigenvalue weighted by atomic mass is 10.1. The molecule has 0 saturated carbocycles. The predicted octanol–water partition coefficient (Wildman–Crippen LogP) is 0.386. The first-order chi connectivity index (χ1) is 8.46. The Morgan fingerprint density at radius 1 is 1.50 bits per heavy atom. The van der Waals surface area contributed by atoms with Crippen LogP contribution in [-0.4, -0.2) is 42.6 Å². The quantitative estimate of drug-likeness (QED) is 0.829. The average Bonchev–Trinajstić information content (AvgIpc) is 2.87. The normalized spacial score (nSPS) is 21.6. The highest BCUT2D eigenvalue weighted by Crippen LogP contribution is 2.28. The number of aromatic amines is 1. The van der Waals surface area contributed by atoms with Crippen LogP contribution >= 0.6 is 0 Å². The molecule has 18 heavy (non-hydrogen) atoms. The summed E-state index contributed by atoms with van der Waals surface area (Å²) in [6, 6.07) is 0. The Morgan fingerprint density at radius 2 is 2.22 bits per heavy atom. The maximum Gasteiger partial charge on any atom is 0.246 e. The minimum Gasteiger partial charge on any atom is -0.330 e. The van der Waals surface area contributed by atoms with E-state index in [1.807, 2.05) is 0 Å². The van der Waals surface area contributed by atoms with Crippen molar-refractivity contribution in [3.8, 4) is 0 Å². The van der Waals surface area contributed by atoms with E-state index in [4.69, 9.17) is 5.73 Å². The largest absolute Gasteiger partial charge is 0.330 e. The molecule has 0 bridgehead atoms. The molecule has 3 N–H and O–H groups in total. The standard InChI is InChI=1S/C11H20N4O2S/c1-8-11(9(2)14-13-8)18(16,17)15-6-4-10(7-15)3-5-12/h10H,3-7,12H2,1-2H3,(H,13,14). The molecule has 6 nitrogen and oxygen atoms in total. The van der Waals surface area contributed by atoms with Crippen LogP contribution in [0, 0.1) is 19.8 Å². The Morgan fingerprint density at radius 3 is 2.78 bits per heavy atom. The molecule has 1 aliphatic heterocycles. The number of rotatable bonds is 4. The van der Waals surface area contributed by atoms with Crippen LogP contribution in [0.3, 0.4) is 0 Å². The minimum absolute atomic E-state index is 0.330. The molecule has 1 aromatic heterocycles. The number of aromatic nitrogens is 2. The number of sulfonamides is 1. The van der Waals surface area contributed by atoms with Crippen molar-refractivity contribution in [1.82, 2.24) is 14.5 Å². The molecule has 1 aliphatic rings. The molecule has 0 amide bonds. The van der Waals surface area contributed by atoms with Crippen LogP contribution in [0.1, 0.15) is 24.2 Å². The van der Waals surface area contributed by atoms with Crippen LogP contribution in [-0.2, 0) is 10.0 Å². The second kappa shape index (κ2) is 4.99. The number of nitrogens with two attached hydrogens (primary N) is 1. The van der Waals surface area contributed by atoms with Gasteiger partial charge in [-0.05, 0) is 39.2 Å². The van der Waals surface area contributed by atoms with E-state index in [2.05, 4.69) is 10.2 Å². The molecule has 1 unspecified atom stereocenters. The molecule has 0 radical (unpaired) electrons. The molecule has 1 aromatic rings. The number of aryl methyl sites for hydroxylation is 2. The molecule has 1 fully saturated rings. The molecule has 102 valence electrons. The summed E-state index contributed by atoms with van der Waals surface area (Å²) in [7, 11) is -3.41. The third kappa shape index (κ3) is 2.30. The molecule has 0 aromatic carbocycles. The third-order valence-electron chi connectivity index (χ3n) is 3.48. The van der Waals surface area contributed by atoms with Gasteiger partial charge in [0.25, 0.3) is 0 Å². The van der Waals surface area contributed by atoms with E-state index in [-0.39, 0.29) is 0 Å². The lowest BCUT2D eigenvalue weighted by Crippen LogP contribution is -2.29. The second-order valence-corrected chi connectivity index (χ2v) is 6.73. The first-order valence-corrected chi connectivity index (χ1v) is 7.62. The van der Waals surface area contributed by atoms with Crippen LogP contribution < -0.4 is 5.73 Å². The van der Waals surface area contributed by atoms with Gasteiger partial charge in [-0.2, -0.15) is 9.40 Å². The number of nitrogens with zero attached hydrogens (tertiary/aromatic N) is 2. The first kappa shape index (κ1) is 13.5. The van der Waals surface area contributed by atoms with Crippen molar-refractivity contribution in [2.75, 3.05) is 19.6 Å². The van der Waals surface area contributed by atoms with Crippen LogP contribution in [0.4, 0.5) is 0 Å². The molecule has 1 atom stereocenters. The van der Waals surface area contributed by atoms with Gasteiger partial charge in [-0.1, -0.05) is 0 Å². The van der Waals surface area contributed by atoms with Crippen LogP contribution in [0.5, 0.6) is 0 Å². The van der Waals surface area contributed by atoms with Crippen LogP contribution in [0.15, 0.2) is 4.90 Å². The van der Waals surface area contributed by atoms with Gasteiger partial charge in [0, 0.05) is 13.1 Å². The summed E-state index contributed by atoms with van der Waals surface area (Å²) in [4.78, 5) is 0.330. The van der Waals surface area contributed by atoms with Crippen molar-refractivity contribution < 1.29 is 8.42 Å². The highest BCUT2D eigenvalue weighted by Gasteiger charge is 2.34. The van der Waals surface area contributed by atoms with Gasteiger partial charge in [-0.3, -0.25) is 5.10 Å². The van der Waals surface area contributed by atoms with E-state index in [1.165, 1.54) is 0 Å². The van der Waals surface area contributed by atoms with Gasteiger partial charge in [-0.15, -0.1) is 0 Å². The summed E-state index contributed by atoms with van der Waals surface area (Å²) in [5.41, 5.74) is 6.67. The fourth-order valence-electron chi connectivity index (χ4n) is 2.54. The number of nitrogens with one attached hydrogen (secondary N) is 1. The Balaban J connectivity index is 2.23. The maximum atomic E-state index is 12.5. The van der Waals surface area contributed by atoms with Crippen LogP contribution in [0.2, 0.25) is 0 Å². The van der Waals surface area contributed by atoms with Crippen molar-refractivity contribution in [3.63, 3.8) is 0 Å². The minimum atomic E-state index is -3.41. The van der Waals surface area contributed by atoms with Crippen molar-refractivity contribution >= 4 is 10.0 Å². The third-order valence-corrected chi connectivity index (χ3v) is 5.61. The zero-order valence-electron chi connectivity index (χ0n) is 10.8. The van der Waals surface area contributed by atoms with Gasteiger partial charge in [0.05, 0.1) is 11.4 Å². The van der Waals surface area contributed by atoms with Gasteiger partial charge in [0.15, 0.2) is 0 Å². The van der Waals surface area contributed by atoms with Gasteiger partial charge in [0.1, 0.15) is 4.90 Å². The summed E-state index contributed by atoms with van der Waals surface area (Å²) in [5.74, 6) is 0.386. The molecule has 1 saturated heterocycles. The van der Waals surface area contributed by atoms with Gasteiger partial charge in [0.2, 0.25) is 10.0 Å². The van der Waals surface area contributed by atoms with Gasteiger partial charge < -0.3 is 5.73 Å². The molecule has 2 heterocycles. The fourth-order valence-corrected chi connectivity index (χ4v) is 4.40. The van der Waals surface area contributed by atoms with E-state index in [0.29, 0.717) is 41.8 Å². The Kier molecular flexibility index (Phi) is 3.74. The number of hydrogen-bond donors (Lipinski definition) is 2. The smallest absolute Gasteiger partial charge is 0.246 e. The summed E-state index contributed by atoms with van der Waals surface area (Å²) >= 11 is 0. The zero-order valence-corrected chi connectivity index (χ0v) is 11.6. The monoisotopic (exact) mass is 272 g/mol. The number of H-pyrrole nitrogens is 1. The van der Waals surface area contributed by atoms with E-state index < -0.39 is 10.0 Å². The second-order valence-electron chi connectivity index (χ2n) is 4.86. The Labute approximate surface area is 108 Å². The summed E-state index contributed by atoms with van der Waals surface area (Å²) < 4.78 is 26.6. The maximum absolute atomic E-state index is 12.5. The summed E-state index contributed by atoms with van der Waals surface area (Å²) in [5, 5.41) is 6.69. The van der Waals surface area contributed by atoms with Crippen molar-refractivity contribution in [3.05, 3.63) is 11.4 Å². The highest BCUT2D eigenvalue weighted by molar-refractivity contribution is 7.89. The molecule has 0 aliphatic carbocycles. The molecule has 2 rings (SSSR count). The highest BCUT2D eigenvalue weighted by atomic mass is 32.2. The first-order valence-electron chi connectivity index (χ1n) is 6.18. The van der Waals surface area contributed by atoms with Gasteiger partial charge in [-0.25, -0.2) is 8.42 Å². The molecule has 7 heteroatoms. The fraction of sp³-hybridized carbons (Fsp3) is 0.727. The summed E-state index contributed by atoms with van der Waals surface area (Å²) in [6.45, 7) is 5.22. The average molecular weight is 272 g/mol. The van der Waals surface area contributed by atoms with Crippen molar-refractivity contribution in [2.24, 2.45) is 11.7 Å². The van der Waals surface area contributed by atoms with Crippen molar-refractivity contribution in [2.45, 2.75) is 31.6 Å². The predicted molar refractivity (Wildman–Crippen MR) is 68.6 cm³/mol. The Hall–Kier alpha value is -0.920. The van der Waals surface area contributed by atoms with Gasteiger partial charge >= 0.3 is 0 Å². The molecule has 0 spiro atoms. The Bertz CT molecular complexity index is 504. The molecular formula is C11H20N4O2S. The SMILES string of the molecule is Cc1n[nH]c(C)c1S(=O)(=O)N1CCC(CCN)C1. The topological polar surface area (TPSA) is 92.1 Å². The molecular weight excluding hydrogens is 252 g/mol. The summed E-state index contributed by atoms with van der Waals surface area (Å²) in [6.07, 6.45) is 1.78. The lowest BCUT2D eigenvalue weighted by Gasteiger charge is -2.16.